The SMILES string of the molecule is c1ccc(-c2ccc(-c3nc(-c4cccc(-c5nc(-c6ccc(-c7ccccc7)cc6)c6c(n5)oc5ccccc56)c4)c4c(n3)sc3ccccc34)cc2)cc1. The van der Waals surface area contributed by atoms with Gasteiger partial charge in [0, 0.05) is 43.1 Å². The Balaban J connectivity index is 1.07. The minimum absolute atomic E-state index is 0.554. The van der Waals surface area contributed by atoms with Crippen molar-refractivity contribution in [3.8, 4) is 67.5 Å². The van der Waals surface area contributed by atoms with Crippen molar-refractivity contribution in [1.29, 1.82) is 0 Å². The van der Waals surface area contributed by atoms with Crippen LogP contribution in [0.5, 0.6) is 0 Å². The molecule has 0 saturated heterocycles. The summed E-state index contributed by atoms with van der Waals surface area (Å²) in [6.07, 6.45) is 0. The molecule has 6 heteroatoms. The van der Waals surface area contributed by atoms with Crippen molar-refractivity contribution < 1.29 is 4.42 Å². The van der Waals surface area contributed by atoms with Crippen LogP contribution in [0.4, 0.5) is 0 Å². The Labute approximate surface area is 326 Å². The summed E-state index contributed by atoms with van der Waals surface area (Å²) in [7, 11) is 0. The van der Waals surface area contributed by atoms with Gasteiger partial charge in [-0.2, -0.15) is 4.98 Å². The molecule has 56 heavy (non-hydrogen) atoms. The molecule has 0 spiro atoms. The molecule has 7 aromatic carbocycles. The third-order valence-corrected chi connectivity index (χ3v) is 11.5. The maximum atomic E-state index is 6.41. The Morgan fingerprint density at radius 3 is 1.59 bits per heavy atom. The molecule has 0 saturated carbocycles. The minimum atomic E-state index is 0.554. The van der Waals surface area contributed by atoms with E-state index in [1.807, 2.05) is 30.3 Å². The summed E-state index contributed by atoms with van der Waals surface area (Å²) in [6, 6.07) is 62.8. The second kappa shape index (κ2) is 13.2. The van der Waals surface area contributed by atoms with E-state index < -0.39 is 0 Å². The molecular weight excluding hydrogens is 705 g/mol. The highest BCUT2D eigenvalue weighted by Crippen LogP contribution is 2.41. The van der Waals surface area contributed by atoms with Gasteiger partial charge in [-0.15, -0.1) is 11.3 Å². The zero-order chi connectivity index (χ0) is 37.0. The van der Waals surface area contributed by atoms with Gasteiger partial charge in [-0.3, -0.25) is 0 Å². The molecule has 0 atom stereocenters. The van der Waals surface area contributed by atoms with Gasteiger partial charge in [0.2, 0.25) is 5.71 Å². The van der Waals surface area contributed by atoms with Crippen LogP contribution in [0.3, 0.4) is 0 Å². The van der Waals surface area contributed by atoms with Gasteiger partial charge in [-0.05, 0) is 40.5 Å². The van der Waals surface area contributed by atoms with Gasteiger partial charge in [-0.25, -0.2) is 15.0 Å². The third-order valence-electron chi connectivity index (χ3n) is 10.4. The first-order valence-electron chi connectivity index (χ1n) is 18.5. The van der Waals surface area contributed by atoms with E-state index in [1.165, 1.54) is 15.8 Å². The number of furan rings is 1. The van der Waals surface area contributed by atoms with Crippen molar-refractivity contribution in [2.24, 2.45) is 0 Å². The summed E-state index contributed by atoms with van der Waals surface area (Å²) < 4.78 is 7.58. The monoisotopic (exact) mass is 734 g/mol. The molecule has 0 bridgehead atoms. The van der Waals surface area contributed by atoms with E-state index in [0.29, 0.717) is 17.4 Å². The van der Waals surface area contributed by atoms with Gasteiger partial charge >= 0.3 is 0 Å². The summed E-state index contributed by atoms with van der Waals surface area (Å²) in [4.78, 5) is 21.8. The number of benzene rings is 7. The van der Waals surface area contributed by atoms with Crippen LogP contribution in [0.25, 0.3) is 110 Å². The van der Waals surface area contributed by atoms with Crippen LogP contribution in [-0.4, -0.2) is 19.9 Å². The lowest BCUT2D eigenvalue weighted by molar-refractivity contribution is 0.653. The molecule has 11 aromatic rings. The smallest absolute Gasteiger partial charge is 0.231 e. The number of hydrogen-bond acceptors (Lipinski definition) is 6. The average Bonchev–Trinajstić information content (AvgIpc) is 3.85. The first-order chi connectivity index (χ1) is 27.7. The Bertz CT molecular complexity index is 3230. The first kappa shape index (κ1) is 32.2. The van der Waals surface area contributed by atoms with Gasteiger partial charge < -0.3 is 4.42 Å². The van der Waals surface area contributed by atoms with Crippen LogP contribution in [0.2, 0.25) is 0 Å². The highest BCUT2D eigenvalue weighted by Gasteiger charge is 2.21. The fraction of sp³-hybridized carbons (Fsp3) is 0. The normalized spacial score (nSPS) is 11.6. The molecule has 0 aliphatic heterocycles. The largest absolute Gasteiger partial charge is 0.438 e. The molecule has 4 aromatic heterocycles. The van der Waals surface area contributed by atoms with Crippen LogP contribution in [-0.2, 0) is 0 Å². The summed E-state index contributed by atoms with van der Waals surface area (Å²) in [5, 5.41) is 4.07. The molecule has 11 rings (SSSR count). The van der Waals surface area contributed by atoms with Crippen LogP contribution >= 0.6 is 11.3 Å². The van der Waals surface area contributed by atoms with Gasteiger partial charge in [0.1, 0.15) is 10.4 Å². The molecule has 0 aliphatic rings. The van der Waals surface area contributed by atoms with Crippen molar-refractivity contribution in [1.82, 2.24) is 19.9 Å². The molecule has 0 amide bonds. The lowest BCUT2D eigenvalue weighted by Crippen LogP contribution is -1.96. The van der Waals surface area contributed by atoms with Crippen molar-refractivity contribution in [2.45, 2.75) is 0 Å². The number of hydrogen-bond donors (Lipinski definition) is 0. The number of thiophene rings is 1. The van der Waals surface area contributed by atoms with E-state index in [-0.39, 0.29) is 0 Å². The summed E-state index contributed by atoms with van der Waals surface area (Å²) in [6.45, 7) is 0. The third kappa shape index (κ3) is 5.54. The molecule has 4 heterocycles. The molecule has 0 fully saturated rings. The van der Waals surface area contributed by atoms with E-state index in [2.05, 4.69) is 152 Å². The van der Waals surface area contributed by atoms with E-state index in [0.717, 1.165) is 76.7 Å². The van der Waals surface area contributed by atoms with Crippen LogP contribution in [0.1, 0.15) is 0 Å². The van der Waals surface area contributed by atoms with Gasteiger partial charge in [-0.1, -0.05) is 164 Å². The maximum Gasteiger partial charge on any atom is 0.231 e. The summed E-state index contributed by atoms with van der Waals surface area (Å²) in [5.74, 6) is 1.27. The zero-order valence-corrected chi connectivity index (χ0v) is 30.7. The van der Waals surface area contributed by atoms with Crippen LogP contribution in [0, 0.1) is 0 Å². The Hall–Kier alpha value is -7.28. The first-order valence-corrected chi connectivity index (χ1v) is 19.4. The van der Waals surface area contributed by atoms with E-state index >= 15 is 0 Å². The quantitative estimate of drug-likeness (QED) is 0.170. The zero-order valence-electron chi connectivity index (χ0n) is 29.9. The molecular formula is C50H30N4OS. The Kier molecular flexibility index (Phi) is 7.60. The molecule has 0 aliphatic carbocycles. The Morgan fingerprint density at radius 1 is 0.357 bits per heavy atom. The number of nitrogens with zero attached hydrogens (tertiary/aromatic N) is 4. The lowest BCUT2D eigenvalue weighted by Gasteiger charge is -2.11. The van der Waals surface area contributed by atoms with Crippen molar-refractivity contribution in [3.63, 3.8) is 0 Å². The molecule has 0 radical (unpaired) electrons. The summed E-state index contributed by atoms with van der Waals surface area (Å²) >= 11 is 1.69. The van der Waals surface area contributed by atoms with Crippen molar-refractivity contribution in [2.75, 3.05) is 0 Å². The van der Waals surface area contributed by atoms with Gasteiger partial charge in [0.05, 0.1) is 16.8 Å². The molecule has 0 unspecified atom stereocenters. The summed E-state index contributed by atoms with van der Waals surface area (Å²) in [5.41, 5.74) is 11.5. The average molecular weight is 735 g/mol. The van der Waals surface area contributed by atoms with Crippen LogP contribution < -0.4 is 0 Å². The second-order valence-corrected chi connectivity index (χ2v) is 14.8. The van der Waals surface area contributed by atoms with Gasteiger partial charge in [0.15, 0.2) is 11.6 Å². The second-order valence-electron chi connectivity index (χ2n) is 13.8. The standard InChI is InChI=1S/C50H30N4OS/c1-3-12-31(13-4-1)33-22-26-35(27-23-33)45-43-39-18-7-9-20-41(39)55-49(43)53-48(51-45)38-17-11-16-37(30-38)46-44-40-19-8-10-21-42(40)56-50(44)54-47(52-46)36-28-24-34(25-29-36)32-14-5-2-6-15-32/h1-30H. The number of para-hydroxylation sites is 1. The fourth-order valence-electron chi connectivity index (χ4n) is 7.62. The molecule has 5 nitrogen and oxygen atoms in total. The molecule has 262 valence electrons. The number of fused-ring (bicyclic) bond motifs is 6. The predicted octanol–water partition coefficient (Wildman–Crippen LogP) is 13.5. The maximum absolute atomic E-state index is 6.41. The highest BCUT2D eigenvalue weighted by atomic mass is 32.1. The minimum Gasteiger partial charge on any atom is -0.438 e. The fourth-order valence-corrected chi connectivity index (χ4v) is 8.70. The highest BCUT2D eigenvalue weighted by molar-refractivity contribution is 7.25. The van der Waals surface area contributed by atoms with Crippen LogP contribution in [0.15, 0.2) is 186 Å². The Morgan fingerprint density at radius 2 is 0.875 bits per heavy atom. The van der Waals surface area contributed by atoms with Crippen molar-refractivity contribution >= 4 is 53.7 Å². The van der Waals surface area contributed by atoms with E-state index in [4.69, 9.17) is 24.4 Å². The number of rotatable bonds is 6. The topological polar surface area (TPSA) is 64.7 Å². The van der Waals surface area contributed by atoms with Gasteiger partial charge in [0.25, 0.3) is 0 Å². The number of aromatic nitrogens is 4. The van der Waals surface area contributed by atoms with E-state index in [1.54, 1.807) is 11.3 Å². The predicted molar refractivity (Wildman–Crippen MR) is 230 cm³/mol. The lowest BCUT2D eigenvalue weighted by atomic mass is 10.0. The van der Waals surface area contributed by atoms with Crippen molar-refractivity contribution in [3.05, 3.63) is 182 Å². The van der Waals surface area contributed by atoms with E-state index in [9.17, 15) is 0 Å². The molecule has 0 N–H and O–H groups in total.